The number of nitrogens with zero attached hydrogens (tertiary/aromatic N) is 4. The largest absolute Gasteiger partial charge is 0.324 e. The van der Waals surface area contributed by atoms with Gasteiger partial charge in [-0.1, -0.05) is 59.6 Å². The Labute approximate surface area is 393 Å². The summed E-state index contributed by atoms with van der Waals surface area (Å²) in [4.78, 5) is 78.0. The molecule has 0 aromatic heterocycles. The van der Waals surface area contributed by atoms with Gasteiger partial charge in [-0.3, -0.25) is 28.8 Å². The average Bonchev–Trinajstić information content (AvgIpc) is 3.26. The van der Waals surface area contributed by atoms with Crippen LogP contribution < -0.4 is 21.3 Å². The monoisotopic (exact) mass is 962 g/mol. The van der Waals surface area contributed by atoms with E-state index >= 15 is 0 Å². The minimum Gasteiger partial charge on any atom is -0.324 e. The van der Waals surface area contributed by atoms with Crippen molar-refractivity contribution in [2.75, 3.05) is 33.0 Å². The molecule has 0 spiro atoms. The highest BCUT2D eigenvalue weighted by molar-refractivity contribution is 6.37. The second kappa shape index (κ2) is 23.6. The fourth-order valence-electron chi connectivity index (χ4n) is 5.86. The van der Waals surface area contributed by atoms with Gasteiger partial charge in [-0.25, -0.2) is 0 Å². The van der Waals surface area contributed by atoms with Crippen molar-refractivity contribution in [2.24, 2.45) is 20.5 Å². The van der Waals surface area contributed by atoms with E-state index in [1.54, 1.807) is 24.3 Å². The molecule has 5 aromatic rings. The minimum absolute atomic E-state index is 0.0381. The van der Waals surface area contributed by atoms with E-state index in [-0.39, 0.29) is 49.8 Å². The fraction of sp³-hybridized carbons (Fsp3) is 0.200. The maximum atomic E-state index is 13.4. The Kier molecular flexibility index (Phi) is 18.1. The van der Waals surface area contributed by atoms with E-state index in [1.807, 2.05) is 24.3 Å². The van der Waals surface area contributed by atoms with Crippen LogP contribution in [0.3, 0.4) is 0 Å². The van der Waals surface area contributed by atoms with Crippen molar-refractivity contribution in [3.8, 4) is 0 Å². The normalized spacial score (nSPS) is 12.1. The van der Waals surface area contributed by atoms with E-state index in [0.29, 0.717) is 41.5 Å². The number of Topliss-reactive ketones (excluding diaryl/α,β-unsaturated/α-hetero) is 2. The highest BCUT2D eigenvalue weighted by atomic mass is 35.5. The summed E-state index contributed by atoms with van der Waals surface area (Å²) in [6.07, 6.45) is 1.36. The molecule has 14 nitrogen and oxygen atoms in total. The molecular formula is C45H39Cl5N8O6. The summed E-state index contributed by atoms with van der Waals surface area (Å²) < 4.78 is 0. The molecule has 0 aliphatic rings. The van der Waals surface area contributed by atoms with E-state index in [1.165, 1.54) is 54.6 Å². The fourth-order valence-corrected chi connectivity index (χ4v) is 7.02. The van der Waals surface area contributed by atoms with Gasteiger partial charge in [-0.05, 0) is 110 Å². The molecule has 5 aromatic carbocycles. The smallest absolute Gasteiger partial charge is 0.258 e. The lowest BCUT2D eigenvalue weighted by Gasteiger charge is -2.15. The number of carbonyl (C=O) groups is 6. The Morgan fingerprint density at radius 3 is 1.36 bits per heavy atom. The zero-order chi connectivity index (χ0) is 46.3. The molecule has 330 valence electrons. The van der Waals surface area contributed by atoms with Gasteiger partial charge in [0, 0.05) is 40.4 Å². The van der Waals surface area contributed by atoms with Crippen LogP contribution in [-0.4, -0.2) is 59.0 Å². The number of carbonyl (C=O) groups excluding carboxylic acids is 6. The van der Waals surface area contributed by atoms with E-state index < -0.39 is 47.3 Å². The van der Waals surface area contributed by atoms with E-state index in [9.17, 15) is 28.8 Å². The molecule has 19 heteroatoms. The average molecular weight is 965 g/mol. The molecule has 0 saturated carbocycles. The first-order valence-corrected chi connectivity index (χ1v) is 21.7. The maximum absolute atomic E-state index is 13.4. The molecule has 2 unspecified atom stereocenters. The standard InChI is InChI=1S/C45H39Cl5N8O6/c1-25(59)40(57-55-36-7-3-5-33(38(36)49)42(61)51-30-13-9-27(10-14-30)19-21-46)44(63)53-32-17-18-35(29(23-32)24-48)54-45(64)41(26(2)60)58-56-37-8-4-6-34(39(37)50)43(62)52-31-15-11-28(12-16-31)20-22-47/h3-18,23,40-41H,19-22,24H2,1-2H3,(H,51,61)(H,52,62)(H,53,63)(H,54,64). The Balaban J connectivity index is 1.24. The molecule has 4 amide bonds. The van der Waals surface area contributed by atoms with Crippen molar-refractivity contribution >= 4 is 127 Å². The molecule has 64 heavy (non-hydrogen) atoms. The lowest BCUT2D eigenvalue weighted by Crippen LogP contribution is -2.32. The Hall–Kier alpha value is -6.03. The first-order chi connectivity index (χ1) is 30.7. The van der Waals surface area contributed by atoms with E-state index in [0.717, 1.165) is 25.0 Å². The van der Waals surface area contributed by atoms with Crippen LogP contribution in [0.2, 0.25) is 10.0 Å². The maximum Gasteiger partial charge on any atom is 0.258 e. The van der Waals surface area contributed by atoms with Crippen LogP contribution >= 0.6 is 58.0 Å². The first kappa shape index (κ1) is 49.0. The number of rotatable bonds is 19. The molecule has 0 saturated heterocycles. The van der Waals surface area contributed by atoms with Crippen molar-refractivity contribution in [1.29, 1.82) is 0 Å². The first-order valence-electron chi connectivity index (χ1n) is 19.4. The van der Waals surface area contributed by atoms with Crippen LogP contribution in [0.1, 0.15) is 51.3 Å². The second-order valence-electron chi connectivity index (χ2n) is 13.9. The number of ketones is 2. The predicted octanol–water partition coefficient (Wildman–Crippen LogP) is 11.2. The highest BCUT2D eigenvalue weighted by Gasteiger charge is 2.26. The van der Waals surface area contributed by atoms with Gasteiger partial charge in [-0.2, -0.15) is 20.5 Å². The van der Waals surface area contributed by atoms with Crippen LogP contribution in [0, 0.1) is 0 Å². The molecule has 0 radical (unpaired) electrons. The van der Waals surface area contributed by atoms with Gasteiger partial charge in [0.15, 0.2) is 11.6 Å². The van der Waals surface area contributed by atoms with Crippen LogP contribution in [0.4, 0.5) is 34.1 Å². The van der Waals surface area contributed by atoms with Crippen LogP contribution in [0.25, 0.3) is 0 Å². The van der Waals surface area contributed by atoms with Crippen molar-refractivity contribution in [1.82, 2.24) is 0 Å². The molecule has 2 atom stereocenters. The number of nitrogens with one attached hydrogen (secondary N) is 4. The number of hydrogen-bond acceptors (Lipinski definition) is 10. The number of halogens is 5. The molecular weight excluding hydrogens is 926 g/mol. The predicted molar refractivity (Wildman–Crippen MR) is 252 cm³/mol. The summed E-state index contributed by atoms with van der Waals surface area (Å²) in [6, 6.07) is 24.4. The number of aryl methyl sites for hydroxylation is 2. The van der Waals surface area contributed by atoms with Crippen LogP contribution in [-0.2, 0) is 37.9 Å². The number of benzene rings is 5. The Morgan fingerprint density at radius 2 is 0.953 bits per heavy atom. The third kappa shape index (κ3) is 13.3. The number of alkyl halides is 3. The quantitative estimate of drug-likeness (QED) is 0.0360. The zero-order valence-electron chi connectivity index (χ0n) is 34.1. The molecule has 0 aliphatic heterocycles. The van der Waals surface area contributed by atoms with E-state index in [2.05, 4.69) is 41.7 Å². The van der Waals surface area contributed by atoms with Gasteiger partial charge in [0.05, 0.1) is 21.2 Å². The molecule has 0 heterocycles. The van der Waals surface area contributed by atoms with Crippen LogP contribution in [0.15, 0.2) is 124 Å². The summed E-state index contributed by atoms with van der Waals surface area (Å²) in [6.45, 7) is 2.31. The summed E-state index contributed by atoms with van der Waals surface area (Å²) >= 11 is 30.9. The lowest BCUT2D eigenvalue weighted by atomic mass is 10.1. The Morgan fingerprint density at radius 1 is 0.531 bits per heavy atom. The topological polar surface area (TPSA) is 200 Å². The SMILES string of the molecule is CC(=O)C(N=Nc1cccc(C(=O)Nc2ccc(CCCl)cc2)c1Cl)C(=O)Nc1ccc(NC(=O)C(N=Nc2cccc(C(=O)Nc3ccc(CCCl)cc3)c2Cl)C(C)=O)c(CCl)c1. The molecule has 0 aliphatic carbocycles. The second-order valence-corrected chi connectivity index (χ2v) is 15.7. The molecule has 0 bridgehead atoms. The molecule has 4 N–H and O–H groups in total. The number of azo groups is 2. The summed E-state index contributed by atoms with van der Waals surface area (Å²) in [5, 5.41) is 26.6. The van der Waals surface area contributed by atoms with Gasteiger partial charge >= 0.3 is 0 Å². The van der Waals surface area contributed by atoms with Crippen molar-refractivity contribution in [3.05, 3.63) is 141 Å². The van der Waals surface area contributed by atoms with Crippen molar-refractivity contribution in [2.45, 2.75) is 44.7 Å². The van der Waals surface area contributed by atoms with Crippen LogP contribution in [0.5, 0.6) is 0 Å². The minimum atomic E-state index is -1.62. The summed E-state index contributed by atoms with van der Waals surface area (Å²) in [7, 11) is 0. The van der Waals surface area contributed by atoms with Gasteiger partial charge in [-0.15, -0.1) is 34.8 Å². The lowest BCUT2D eigenvalue weighted by molar-refractivity contribution is -0.127. The van der Waals surface area contributed by atoms with E-state index in [4.69, 9.17) is 58.0 Å². The van der Waals surface area contributed by atoms with Gasteiger partial charge in [0.1, 0.15) is 11.4 Å². The number of hydrogen-bond donors (Lipinski definition) is 4. The highest BCUT2D eigenvalue weighted by Crippen LogP contribution is 2.32. The van der Waals surface area contributed by atoms with Gasteiger partial charge in [0.25, 0.3) is 23.6 Å². The van der Waals surface area contributed by atoms with Gasteiger partial charge in [0.2, 0.25) is 12.1 Å². The molecule has 5 rings (SSSR count). The zero-order valence-corrected chi connectivity index (χ0v) is 37.9. The Bertz CT molecular complexity index is 2610. The van der Waals surface area contributed by atoms with Crippen molar-refractivity contribution in [3.63, 3.8) is 0 Å². The van der Waals surface area contributed by atoms with Crippen molar-refractivity contribution < 1.29 is 28.8 Å². The number of anilines is 4. The van der Waals surface area contributed by atoms with Gasteiger partial charge < -0.3 is 21.3 Å². The number of amides is 4. The summed E-state index contributed by atoms with van der Waals surface area (Å²) in [5.41, 5.74) is 4.05. The molecule has 0 fully saturated rings. The third-order valence-corrected chi connectivity index (χ3v) is 10.7. The third-order valence-electron chi connectivity index (χ3n) is 9.24. The summed E-state index contributed by atoms with van der Waals surface area (Å²) in [5.74, 6) is -3.23.